The van der Waals surface area contributed by atoms with E-state index in [0.29, 0.717) is 12.1 Å². The normalized spacial score (nSPS) is 24.4. The molecule has 1 unspecified atom stereocenters. The minimum Gasteiger partial charge on any atom is -0.315 e. The monoisotopic (exact) mass is 211 g/mol. The summed E-state index contributed by atoms with van der Waals surface area (Å²) in [5.74, 6) is 0. The highest BCUT2D eigenvalue weighted by Crippen LogP contribution is 2.24. The molecule has 1 aliphatic rings. The first-order valence-electron chi connectivity index (χ1n) is 5.11. The lowest BCUT2D eigenvalue weighted by Crippen LogP contribution is -2.35. The molecule has 14 heavy (non-hydrogen) atoms. The average Bonchev–Trinajstić information content (AvgIpc) is 2.87. The van der Waals surface area contributed by atoms with Gasteiger partial charge in [-0.15, -0.1) is 11.3 Å². The summed E-state index contributed by atoms with van der Waals surface area (Å²) in [7, 11) is 2.20. The van der Waals surface area contributed by atoms with Crippen molar-refractivity contribution in [2.75, 3.05) is 20.1 Å². The van der Waals surface area contributed by atoms with Crippen LogP contribution in [-0.4, -0.2) is 36.1 Å². The molecule has 1 aromatic rings. The molecule has 3 nitrogen and oxygen atoms in total. The minimum atomic E-state index is 0.444. The maximum absolute atomic E-state index is 4.37. The fraction of sp³-hybridized carbons (Fsp3) is 0.700. The molecule has 0 spiro atoms. The van der Waals surface area contributed by atoms with Gasteiger partial charge in [-0.25, -0.2) is 4.98 Å². The van der Waals surface area contributed by atoms with Gasteiger partial charge in [-0.3, -0.25) is 4.90 Å². The van der Waals surface area contributed by atoms with Crippen LogP contribution in [0.4, 0.5) is 0 Å². The van der Waals surface area contributed by atoms with E-state index in [1.54, 1.807) is 11.3 Å². The second-order valence-corrected chi connectivity index (χ2v) is 4.78. The van der Waals surface area contributed by atoms with Crippen molar-refractivity contribution >= 4 is 11.3 Å². The molecule has 1 aliphatic heterocycles. The fourth-order valence-electron chi connectivity index (χ4n) is 1.92. The van der Waals surface area contributed by atoms with Gasteiger partial charge in [-0.05, 0) is 26.9 Å². The predicted octanol–water partition coefficient (Wildman–Crippen LogP) is 1.50. The Morgan fingerprint density at radius 1 is 1.71 bits per heavy atom. The van der Waals surface area contributed by atoms with Crippen molar-refractivity contribution in [2.45, 2.75) is 25.4 Å². The Labute approximate surface area is 89.1 Å². The van der Waals surface area contributed by atoms with Gasteiger partial charge in [0.25, 0.3) is 0 Å². The number of nitrogens with zero attached hydrogens (tertiary/aromatic N) is 2. The second kappa shape index (κ2) is 4.38. The summed E-state index contributed by atoms with van der Waals surface area (Å²) in [5.41, 5.74) is 0. The summed E-state index contributed by atoms with van der Waals surface area (Å²) in [6.45, 7) is 4.50. The van der Waals surface area contributed by atoms with Gasteiger partial charge in [0.2, 0.25) is 0 Å². The minimum absolute atomic E-state index is 0.444. The van der Waals surface area contributed by atoms with Gasteiger partial charge in [-0.2, -0.15) is 0 Å². The number of hydrogen-bond donors (Lipinski definition) is 1. The zero-order chi connectivity index (χ0) is 9.97. The topological polar surface area (TPSA) is 28.2 Å². The van der Waals surface area contributed by atoms with Gasteiger partial charge >= 0.3 is 0 Å². The first-order chi connectivity index (χ1) is 6.79. The Bertz CT molecular complexity index is 267. The highest BCUT2D eigenvalue weighted by atomic mass is 32.1. The van der Waals surface area contributed by atoms with Crippen molar-refractivity contribution in [2.24, 2.45) is 0 Å². The third-order valence-electron chi connectivity index (χ3n) is 3.03. The third-order valence-corrected chi connectivity index (χ3v) is 3.98. The number of rotatable bonds is 3. The molecule has 0 aromatic carbocycles. The van der Waals surface area contributed by atoms with E-state index in [2.05, 4.69) is 29.2 Å². The molecular formula is C10H17N3S. The van der Waals surface area contributed by atoms with Crippen LogP contribution in [-0.2, 0) is 0 Å². The molecule has 2 heterocycles. The molecule has 4 heteroatoms. The smallest absolute Gasteiger partial charge is 0.109 e. The van der Waals surface area contributed by atoms with Crippen LogP contribution >= 0.6 is 11.3 Å². The Kier molecular flexibility index (Phi) is 3.15. The van der Waals surface area contributed by atoms with Gasteiger partial charge < -0.3 is 5.32 Å². The van der Waals surface area contributed by atoms with Gasteiger partial charge in [0, 0.05) is 24.2 Å². The molecule has 1 aromatic heterocycles. The lowest BCUT2D eigenvalue weighted by Gasteiger charge is -2.28. The summed E-state index contributed by atoms with van der Waals surface area (Å²) in [6.07, 6.45) is 3.14. The molecule has 0 aliphatic carbocycles. The summed E-state index contributed by atoms with van der Waals surface area (Å²) in [6, 6.07) is 1.12. The van der Waals surface area contributed by atoms with E-state index in [-0.39, 0.29) is 0 Å². The van der Waals surface area contributed by atoms with Gasteiger partial charge in [0.05, 0.1) is 6.04 Å². The Hall–Kier alpha value is -0.450. The van der Waals surface area contributed by atoms with Gasteiger partial charge in [0.1, 0.15) is 5.01 Å². The van der Waals surface area contributed by atoms with E-state index in [9.17, 15) is 0 Å². The van der Waals surface area contributed by atoms with Crippen molar-refractivity contribution in [3.05, 3.63) is 16.6 Å². The van der Waals surface area contributed by atoms with E-state index in [1.807, 2.05) is 11.6 Å². The molecule has 1 N–H and O–H groups in total. The Morgan fingerprint density at radius 3 is 3.14 bits per heavy atom. The van der Waals surface area contributed by atoms with E-state index in [1.165, 1.54) is 11.4 Å². The molecule has 0 saturated carbocycles. The summed E-state index contributed by atoms with van der Waals surface area (Å²) in [4.78, 5) is 6.79. The third kappa shape index (κ3) is 1.97. The maximum atomic E-state index is 4.37. The van der Waals surface area contributed by atoms with Crippen molar-refractivity contribution in [3.8, 4) is 0 Å². The van der Waals surface area contributed by atoms with E-state index >= 15 is 0 Å². The predicted molar refractivity (Wildman–Crippen MR) is 59.6 cm³/mol. The fourth-order valence-corrected chi connectivity index (χ4v) is 2.66. The maximum Gasteiger partial charge on any atom is 0.109 e. The van der Waals surface area contributed by atoms with Crippen LogP contribution in [0.1, 0.15) is 24.4 Å². The molecule has 1 fully saturated rings. The molecule has 0 radical (unpaired) electrons. The molecular weight excluding hydrogens is 194 g/mol. The lowest BCUT2D eigenvalue weighted by atomic mass is 10.2. The van der Waals surface area contributed by atoms with Gasteiger partial charge in [-0.1, -0.05) is 0 Å². The molecule has 78 valence electrons. The zero-order valence-electron chi connectivity index (χ0n) is 8.73. The van der Waals surface area contributed by atoms with Crippen molar-refractivity contribution in [1.82, 2.24) is 15.2 Å². The highest BCUT2D eigenvalue weighted by Gasteiger charge is 2.24. The number of thiazole rings is 1. The number of likely N-dealkylation sites (N-methyl/N-ethyl adjacent to an activating group) is 1. The van der Waals surface area contributed by atoms with E-state index < -0.39 is 0 Å². The van der Waals surface area contributed by atoms with Crippen LogP contribution in [0.2, 0.25) is 0 Å². The van der Waals surface area contributed by atoms with Crippen LogP contribution in [0.5, 0.6) is 0 Å². The van der Waals surface area contributed by atoms with Crippen LogP contribution in [0.15, 0.2) is 11.6 Å². The Balaban J connectivity index is 2.00. The van der Waals surface area contributed by atoms with Crippen LogP contribution < -0.4 is 5.32 Å². The summed E-state index contributed by atoms with van der Waals surface area (Å²) in [5, 5.41) is 6.66. The SMILES string of the molecule is CC(c1nccs1)N(C)[C@@H]1CCNC1. The average molecular weight is 211 g/mol. The standard InChI is InChI=1S/C10H17N3S/c1-8(10-12-5-6-14-10)13(2)9-3-4-11-7-9/h5-6,8-9,11H,3-4,7H2,1-2H3/t8?,9-/m1/s1. The van der Waals surface area contributed by atoms with Crippen LogP contribution in [0, 0.1) is 0 Å². The number of nitrogens with one attached hydrogen (secondary N) is 1. The first-order valence-corrected chi connectivity index (χ1v) is 5.99. The molecule has 2 rings (SSSR count). The summed E-state index contributed by atoms with van der Waals surface area (Å²) < 4.78 is 0. The molecule has 2 atom stereocenters. The van der Waals surface area contributed by atoms with Crippen molar-refractivity contribution < 1.29 is 0 Å². The molecule has 1 saturated heterocycles. The lowest BCUT2D eigenvalue weighted by molar-refractivity contribution is 0.196. The summed E-state index contributed by atoms with van der Waals surface area (Å²) >= 11 is 1.74. The molecule has 0 bridgehead atoms. The van der Waals surface area contributed by atoms with Crippen LogP contribution in [0.25, 0.3) is 0 Å². The van der Waals surface area contributed by atoms with Crippen molar-refractivity contribution in [3.63, 3.8) is 0 Å². The van der Waals surface area contributed by atoms with Crippen molar-refractivity contribution in [1.29, 1.82) is 0 Å². The van der Waals surface area contributed by atoms with E-state index in [0.717, 1.165) is 13.1 Å². The van der Waals surface area contributed by atoms with Crippen LogP contribution in [0.3, 0.4) is 0 Å². The second-order valence-electron chi connectivity index (χ2n) is 3.86. The highest BCUT2D eigenvalue weighted by molar-refractivity contribution is 7.09. The largest absolute Gasteiger partial charge is 0.315 e. The number of aromatic nitrogens is 1. The zero-order valence-corrected chi connectivity index (χ0v) is 9.55. The quantitative estimate of drug-likeness (QED) is 0.821. The first kappa shape index (κ1) is 10.1. The number of hydrogen-bond acceptors (Lipinski definition) is 4. The van der Waals surface area contributed by atoms with Gasteiger partial charge in [0.15, 0.2) is 0 Å². The Morgan fingerprint density at radius 2 is 2.57 bits per heavy atom. The van der Waals surface area contributed by atoms with E-state index in [4.69, 9.17) is 0 Å². The molecule has 0 amide bonds.